The summed E-state index contributed by atoms with van der Waals surface area (Å²) < 4.78 is 7.23. The first kappa shape index (κ1) is 13.6. The van der Waals surface area contributed by atoms with E-state index in [-0.39, 0.29) is 5.91 Å². The number of para-hydroxylation sites is 2. The van der Waals surface area contributed by atoms with E-state index in [1.807, 2.05) is 24.3 Å². The van der Waals surface area contributed by atoms with E-state index in [0.717, 1.165) is 17.9 Å². The number of ether oxygens (including phenoxy) is 1. The summed E-state index contributed by atoms with van der Waals surface area (Å²) in [5.74, 6) is 0.550. The van der Waals surface area contributed by atoms with Crippen molar-refractivity contribution in [3.63, 3.8) is 0 Å². The molecule has 21 heavy (non-hydrogen) atoms. The highest BCUT2D eigenvalue weighted by Gasteiger charge is 2.24. The maximum absolute atomic E-state index is 12.7. The van der Waals surface area contributed by atoms with Crippen molar-refractivity contribution in [2.24, 2.45) is 5.73 Å². The third-order valence-electron chi connectivity index (χ3n) is 3.30. The summed E-state index contributed by atoms with van der Waals surface area (Å²) in [4.78, 5) is 14.3. The molecule has 2 aromatic rings. The molecule has 0 bridgehead atoms. The van der Waals surface area contributed by atoms with E-state index in [9.17, 15) is 4.79 Å². The quantitative estimate of drug-likeness (QED) is 0.896. The van der Waals surface area contributed by atoms with Crippen molar-refractivity contribution in [1.82, 2.24) is 15.0 Å². The summed E-state index contributed by atoms with van der Waals surface area (Å²) in [6.07, 6.45) is 2.40. The molecular weight excluding hydrogens is 270 g/mol. The Morgan fingerprint density at radius 1 is 1.38 bits per heavy atom. The minimum Gasteiger partial charge on any atom is -0.491 e. The average molecular weight is 287 g/mol. The molecule has 0 atom stereocenters. The lowest BCUT2D eigenvalue weighted by Gasteiger charge is -2.20. The average Bonchev–Trinajstić information content (AvgIpc) is 2.86. The van der Waals surface area contributed by atoms with Crippen molar-refractivity contribution >= 4 is 11.6 Å². The fourth-order valence-electron chi connectivity index (χ4n) is 2.31. The Balaban J connectivity index is 1.89. The van der Waals surface area contributed by atoms with Crippen molar-refractivity contribution < 1.29 is 9.53 Å². The van der Waals surface area contributed by atoms with E-state index in [1.165, 1.54) is 0 Å². The van der Waals surface area contributed by atoms with Crippen LogP contribution in [0.4, 0.5) is 5.69 Å². The largest absolute Gasteiger partial charge is 0.491 e. The lowest BCUT2D eigenvalue weighted by atomic mass is 10.2. The van der Waals surface area contributed by atoms with Crippen LogP contribution in [0.5, 0.6) is 5.75 Å². The van der Waals surface area contributed by atoms with Gasteiger partial charge in [-0.2, -0.15) is 0 Å². The molecule has 1 aliphatic heterocycles. The topological polar surface area (TPSA) is 86.3 Å². The number of hydrogen-bond acceptors (Lipinski definition) is 5. The normalized spacial score (nSPS) is 14.2. The summed E-state index contributed by atoms with van der Waals surface area (Å²) in [5.41, 5.74) is 6.56. The van der Waals surface area contributed by atoms with Crippen LogP contribution < -0.4 is 15.4 Å². The molecule has 0 radical (unpaired) electrons. The summed E-state index contributed by atoms with van der Waals surface area (Å²) in [6.45, 7) is 2.19. The molecule has 110 valence electrons. The molecular formula is C14H17N5O2. The highest BCUT2D eigenvalue weighted by molar-refractivity contribution is 6.05. The fraction of sp³-hybridized carbons (Fsp3) is 0.357. The van der Waals surface area contributed by atoms with Crippen molar-refractivity contribution in [3.05, 3.63) is 36.2 Å². The Morgan fingerprint density at radius 3 is 3.10 bits per heavy atom. The van der Waals surface area contributed by atoms with Gasteiger partial charge in [-0.15, -0.1) is 5.10 Å². The van der Waals surface area contributed by atoms with Crippen LogP contribution in [0.15, 0.2) is 30.5 Å². The Kier molecular flexibility index (Phi) is 3.83. The molecule has 1 aliphatic rings. The molecule has 7 heteroatoms. The van der Waals surface area contributed by atoms with Gasteiger partial charge in [0.25, 0.3) is 5.91 Å². The lowest BCUT2D eigenvalue weighted by Crippen LogP contribution is -2.31. The Bertz CT molecular complexity index is 640. The second-order valence-electron chi connectivity index (χ2n) is 4.78. The number of amides is 1. The summed E-state index contributed by atoms with van der Waals surface area (Å²) in [6, 6.07) is 7.53. The van der Waals surface area contributed by atoms with Crippen LogP contribution in [0.25, 0.3) is 0 Å². The van der Waals surface area contributed by atoms with Gasteiger partial charge in [0, 0.05) is 13.1 Å². The standard InChI is InChI=1S/C14H17N5O2/c15-6-8-18-10-11(16-17-18)14(20)19-7-3-9-21-13-5-2-1-4-12(13)19/h1-2,4-5,10H,3,6-9,15H2. The van der Waals surface area contributed by atoms with Crippen LogP contribution in [-0.2, 0) is 6.54 Å². The minimum atomic E-state index is -0.170. The van der Waals surface area contributed by atoms with E-state index in [4.69, 9.17) is 10.5 Å². The van der Waals surface area contributed by atoms with Gasteiger partial charge in [-0.1, -0.05) is 17.3 Å². The highest BCUT2D eigenvalue weighted by Crippen LogP contribution is 2.31. The second kappa shape index (κ2) is 5.92. The van der Waals surface area contributed by atoms with E-state index in [2.05, 4.69) is 10.3 Å². The van der Waals surface area contributed by atoms with Crippen LogP contribution >= 0.6 is 0 Å². The van der Waals surface area contributed by atoms with Crippen molar-refractivity contribution in [2.45, 2.75) is 13.0 Å². The van der Waals surface area contributed by atoms with Crippen molar-refractivity contribution in [3.8, 4) is 5.75 Å². The van der Waals surface area contributed by atoms with Crippen LogP contribution in [0.2, 0.25) is 0 Å². The number of nitrogens with two attached hydrogens (primary N) is 1. The van der Waals surface area contributed by atoms with E-state index < -0.39 is 0 Å². The molecule has 3 rings (SSSR count). The van der Waals surface area contributed by atoms with Gasteiger partial charge in [0.05, 0.1) is 25.0 Å². The summed E-state index contributed by atoms with van der Waals surface area (Å²) >= 11 is 0. The molecule has 0 fully saturated rings. The second-order valence-corrected chi connectivity index (χ2v) is 4.78. The van der Waals surface area contributed by atoms with Crippen molar-refractivity contribution in [1.29, 1.82) is 0 Å². The Morgan fingerprint density at radius 2 is 2.24 bits per heavy atom. The molecule has 0 unspecified atom stereocenters. The molecule has 1 aromatic carbocycles. The van der Waals surface area contributed by atoms with E-state index in [1.54, 1.807) is 15.8 Å². The number of carbonyl (C=O) groups is 1. The number of fused-ring (bicyclic) bond motifs is 1. The first-order chi connectivity index (χ1) is 10.3. The molecule has 0 spiro atoms. The van der Waals surface area contributed by atoms with Gasteiger partial charge < -0.3 is 15.4 Å². The zero-order valence-electron chi connectivity index (χ0n) is 11.6. The molecule has 1 amide bonds. The number of aromatic nitrogens is 3. The van der Waals surface area contributed by atoms with Gasteiger partial charge >= 0.3 is 0 Å². The number of rotatable bonds is 3. The first-order valence-electron chi connectivity index (χ1n) is 6.93. The first-order valence-corrected chi connectivity index (χ1v) is 6.93. The molecule has 7 nitrogen and oxygen atoms in total. The summed E-state index contributed by atoms with van der Waals surface area (Å²) in [5, 5.41) is 7.85. The highest BCUT2D eigenvalue weighted by atomic mass is 16.5. The van der Waals surface area contributed by atoms with Crippen LogP contribution in [-0.4, -0.2) is 40.6 Å². The predicted molar refractivity (Wildman–Crippen MR) is 77.3 cm³/mol. The molecule has 0 aliphatic carbocycles. The van der Waals surface area contributed by atoms with Gasteiger partial charge in [-0.05, 0) is 18.6 Å². The monoisotopic (exact) mass is 287 g/mol. The number of anilines is 1. The number of carbonyl (C=O) groups excluding carboxylic acids is 1. The van der Waals surface area contributed by atoms with Crippen molar-refractivity contribution in [2.75, 3.05) is 24.6 Å². The maximum atomic E-state index is 12.7. The van der Waals surface area contributed by atoms with E-state index >= 15 is 0 Å². The third kappa shape index (κ3) is 2.73. The summed E-state index contributed by atoms with van der Waals surface area (Å²) in [7, 11) is 0. The predicted octanol–water partition coefficient (Wildman–Crippen LogP) is 0.666. The van der Waals surface area contributed by atoms with Crippen LogP contribution in [0.1, 0.15) is 16.9 Å². The zero-order chi connectivity index (χ0) is 14.7. The van der Waals surface area contributed by atoms with Crippen LogP contribution in [0.3, 0.4) is 0 Å². The molecule has 0 saturated carbocycles. The van der Waals surface area contributed by atoms with Gasteiger partial charge in [-0.25, -0.2) is 0 Å². The fourth-order valence-corrected chi connectivity index (χ4v) is 2.31. The van der Waals surface area contributed by atoms with Gasteiger partial charge in [0.2, 0.25) is 0 Å². The molecule has 2 heterocycles. The Labute approximate surface area is 122 Å². The van der Waals surface area contributed by atoms with Gasteiger partial charge in [0.15, 0.2) is 5.69 Å². The molecule has 1 aromatic heterocycles. The number of nitrogens with zero attached hydrogens (tertiary/aromatic N) is 4. The smallest absolute Gasteiger partial charge is 0.280 e. The van der Waals surface area contributed by atoms with Gasteiger partial charge in [-0.3, -0.25) is 9.48 Å². The maximum Gasteiger partial charge on any atom is 0.280 e. The number of benzene rings is 1. The Hall–Kier alpha value is -2.41. The lowest BCUT2D eigenvalue weighted by molar-refractivity contribution is 0.0982. The van der Waals surface area contributed by atoms with Gasteiger partial charge in [0.1, 0.15) is 5.75 Å². The molecule has 2 N–H and O–H groups in total. The van der Waals surface area contributed by atoms with Crippen LogP contribution in [0, 0.1) is 0 Å². The number of hydrogen-bond donors (Lipinski definition) is 1. The molecule has 0 saturated heterocycles. The SMILES string of the molecule is NCCn1cc(C(=O)N2CCCOc3ccccc32)nn1. The zero-order valence-corrected chi connectivity index (χ0v) is 11.6. The third-order valence-corrected chi connectivity index (χ3v) is 3.30. The minimum absolute atomic E-state index is 0.170. The van der Waals surface area contributed by atoms with E-state index in [0.29, 0.717) is 31.9 Å².